The van der Waals surface area contributed by atoms with Gasteiger partial charge in [-0.3, -0.25) is 4.79 Å². The van der Waals surface area contributed by atoms with Crippen molar-refractivity contribution < 1.29 is 23.1 Å². The molecule has 4 aromatic rings. The standard InChI is InChI=1S/C23H20F3N3O2S/c1-14-10-19(22(31)27-8-9-30)28-29(14)20-7-3-5-16-13-18(32-21(16)20)12-15-4-2-6-17(11-15)23(24,25)26/h2-7,10-11,13,30H,8-9,12H2,1H3,(H,27,31). The number of aryl methyl sites for hydroxylation is 1. The summed E-state index contributed by atoms with van der Waals surface area (Å²) in [5, 5.41) is 16.8. The highest BCUT2D eigenvalue weighted by Gasteiger charge is 2.30. The molecule has 0 aliphatic heterocycles. The van der Waals surface area contributed by atoms with Crippen molar-refractivity contribution in [3.05, 3.63) is 82.0 Å². The van der Waals surface area contributed by atoms with E-state index in [0.29, 0.717) is 12.0 Å². The van der Waals surface area contributed by atoms with E-state index in [1.807, 2.05) is 31.2 Å². The highest BCUT2D eigenvalue weighted by atomic mass is 32.1. The van der Waals surface area contributed by atoms with Gasteiger partial charge in [-0.1, -0.05) is 30.3 Å². The molecule has 0 aliphatic carbocycles. The van der Waals surface area contributed by atoms with E-state index < -0.39 is 11.7 Å². The second kappa shape index (κ2) is 8.76. The van der Waals surface area contributed by atoms with Gasteiger partial charge in [-0.25, -0.2) is 4.68 Å². The zero-order valence-electron chi connectivity index (χ0n) is 17.1. The Hall–Kier alpha value is -3.17. The van der Waals surface area contributed by atoms with E-state index in [2.05, 4.69) is 10.4 Å². The molecule has 0 bridgehead atoms. The normalized spacial score (nSPS) is 11.8. The lowest BCUT2D eigenvalue weighted by atomic mass is 10.1. The smallest absolute Gasteiger partial charge is 0.395 e. The molecule has 0 spiro atoms. The summed E-state index contributed by atoms with van der Waals surface area (Å²) in [6, 6.07) is 14.7. The van der Waals surface area contributed by atoms with E-state index in [1.54, 1.807) is 16.8 Å². The largest absolute Gasteiger partial charge is 0.416 e. The molecule has 4 rings (SSSR count). The van der Waals surface area contributed by atoms with E-state index in [4.69, 9.17) is 5.11 Å². The van der Waals surface area contributed by atoms with Gasteiger partial charge in [0.1, 0.15) is 0 Å². The van der Waals surface area contributed by atoms with Gasteiger partial charge in [0.2, 0.25) is 0 Å². The number of nitrogens with one attached hydrogen (secondary N) is 1. The molecule has 32 heavy (non-hydrogen) atoms. The molecule has 0 unspecified atom stereocenters. The van der Waals surface area contributed by atoms with Crippen molar-refractivity contribution in [3.8, 4) is 5.69 Å². The fourth-order valence-corrected chi connectivity index (χ4v) is 4.69. The Balaban J connectivity index is 1.67. The Morgan fingerprint density at radius 3 is 2.69 bits per heavy atom. The predicted molar refractivity (Wildman–Crippen MR) is 117 cm³/mol. The number of hydrogen-bond donors (Lipinski definition) is 2. The fraction of sp³-hybridized carbons (Fsp3) is 0.217. The molecule has 0 fully saturated rings. The summed E-state index contributed by atoms with van der Waals surface area (Å²) in [6.07, 6.45) is -3.99. The van der Waals surface area contributed by atoms with E-state index in [-0.39, 0.29) is 24.8 Å². The predicted octanol–water partition coefficient (Wildman–Crippen LogP) is 4.73. The Morgan fingerprint density at radius 2 is 1.94 bits per heavy atom. The molecule has 2 aromatic heterocycles. The van der Waals surface area contributed by atoms with Crippen molar-refractivity contribution in [2.75, 3.05) is 13.2 Å². The SMILES string of the molecule is Cc1cc(C(=O)NCCO)nn1-c1cccc2cc(Cc3cccc(C(F)(F)F)c3)sc12. The third-order valence-electron chi connectivity index (χ3n) is 4.95. The molecular formula is C23H20F3N3O2S. The van der Waals surface area contributed by atoms with Crippen LogP contribution in [0, 0.1) is 6.92 Å². The molecule has 9 heteroatoms. The maximum Gasteiger partial charge on any atom is 0.416 e. The van der Waals surface area contributed by atoms with Crippen LogP contribution in [0.1, 0.15) is 32.2 Å². The number of rotatable bonds is 6. The lowest BCUT2D eigenvalue weighted by molar-refractivity contribution is -0.137. The minimum Gasteiger partial charge on any atom is -0.395 e. The second-order valence-corrected chi connectivity index (χ2v) is 8.48. The number of hydrogen-bond acceptors (Lipinski definition) is 4. The van der Waals surface area contributed by atoms with Gasteiger partial charge < -0.3 is 10.4 Å². The first-order chi connectivity index (χ1) is 15.3. The van der Waals surface area contributed by atoms with Crippen LogP contribution in [-0.4, -0.2) is 33.9 Å². The first-order valence-electron chi connectivity index (χ1n) is 9.90. The molecule has 0 atom stereocenters. The van der Waals surface area contributed by atoms with Gasteiger partial charge in [-0.05, 0) is 42.1 Å². The number of carbonyl (C=O) groups excluding carboxylic acids is 1. The number of amides is 1. The van der Waals surface area contributed by atoms with Gasteiger partial charge in [0.15, 0.2) is 5.69 Å². The Labute approximate surface area is 186 Å². The van der Waals surface area contributed by atoms with Crippen molar-refractivity contribution in [3.63, 3.8) is 0 Å². The van der Waals surface area contributed by atoms with Crippen LogP contribution in [0.15, 0.2) is 54.6 Å². The molecular weight excluding hydrogens is 439 g/mol. The van der Waals surface area contributed by atoms with Gasteiger partial charge in [0.05, 0.1) is 22.6 Å². The minimum absolute atomic E-state index is 0.143. The van der Waals surface area contributed by atoms with Crippen LogP contribution in [0.3, 0.4) is 0 Å². The number of fused-ring (bicyclic) bond motifs is 1. The second-order valence-electron chi connectivity index (χ2n) is 7.35. The van der Waals surface area contributed by atoms with Crippen molar-refractivity contribution in [2.24, 2.45) is 0 Å². The van der Waals surface area contributed by atoms with Crippen molar-refractivity contribution >= 4 is 27.3 Å². The maximum absolute atomic E-state index is 13.0. The lowest BCUT2D eigenvalue weighted by Gasteiger charge is -2.08. The topological polar surface area (TPSA) is 67.2 Å². The third-order valence-corrected chi connectivity index (χ3v) is 6.13. The monoisotopic (exact) mass is 459 g/mol. The first-order valence-corrected chi connectivity index (χ1v) is 10.7. The fourth-order valence-electron chi connectivity index (χ4n) is 3.50. The Bertz CT molecular complexity index is 1280. The van der Waals surface area contributed by atoms with Gasteiger partial charge >= 0.3 is 6.18 Å². The number of aliphatic hydroxyl groups is 1. The molecule has 0 aliphatic rings. The number of carbonyl (C=O) groups is 1. The minimum atomic E-state index is -4.37. The number of benzene rings is 2. The number of aliphatic hydroxyl groups excluding tert-OH is 1. The Morgan fingerprint density at radius 1 is 1.16 bits per heavy atom. The van der Waals surface area contributed by atoms with Crippen LogP contribution >= 0.6 is 11.3 Å². The summed E-state index contributed by atoms with van der Waals surface area (Å²) in [7, 11) is 0. The van der Waals surface area contributed by atoms with Gasteiger partial charge in [0.25, 0.3) is 5.91 Å². The number of thiophene rings is 1. The number of alkyl halides is 3. The molecule has 166 valence electrons. The van der Waals surface area contributed by atoms with Crippen LogP contribution in [0.25, 0.3) is 15.8 Å². The van der Waals surface area contributed by atoms with Crippen molar-refractivity contribution in [2.45, 2.75) is 19.5 Å². The lowest BCUT2D eigenvalue weighted by Crippen LogP contribution is -2.26. The van der Waals surface area contributed by atoms with Crippen molar-refractivity contribution in [1.82, 2.24) is 15.1 Å². The molecule has 2 N–H and O–H groups in total. The van der Waals surface area contributed by atoms with E-state index in [1.165, 1.54) is 23.5 Å². The quantitative estimate of drug-likeness (QED) is 0.438. The van der Waals surface area contributed by atoms with E-state index in [0.717, 1.165) is 32.4 Å². The highest BCUT2D eigenvalue weighted by Crippen LogP contribution is 2.34. The average molecular weight is 459 g/mol. The summed E-state index contributed by atoms with van der Waals surface area (Å²) >= 11 is 1.49. The average Bonchev–Trinajstić information content (AvgIpc) is 3.34. The van der Waals surface area contributed by atoms with E-state index in [9.17, 15) is 18.0 Å². The van der Waals surface area contributed by atoms with Gasteiger partial charge in [-0.2, -0.15) is 18.3 Å². The molecule has 0 saturated heterocycles. The highest BCUT2D eigenvalue weighted by molar-refractivity contribution is 7.19. The summed E-state index contributed by atoms with van der Waals surface area (Å²) in [5.74, 6) is -0.371. The van der Waals surface area contributed by atoms with Crippen LogP contribution in [0.5, 0.6) is 0 Å². The van der Waals surface area contributed by atoms with E-state index >= 15 is 0 Å². The molecule has 1 amide bonds. The molecule has 0 saturated carbocycles. The van der Waals surface area contributed by atoms with Crippen LogP contribution in [-0.2, 0) is 12.6 Å². The zero-order valence-corrected chi connectivity index (χ0v) is 17.9. The Kier molecular flexibility index (Phi) is 6.03. The van der Waals surface area contributed by atoms with Crippen molar-refractivity contribution in [1.29, 1.82) is 0 Å². The third kappa shape index (κ3) is 4.53. The first kappa shape index (κ1) is 22.0. The summed E-state index contributed by atoms with van der Waals surface area (Å²) in [4.78, 5) is 13.1. The van der Waals surface area contributed by atoms with Crippen LogP contribution in [0.2, 0.25) is 0 Å². The molecule has 2 heterocycles. The van der Waals surface area contributed by atoms with Gasteiger partial charge in [-0.15, -0.1) is 11.3 Å². The number of halogens is 3. The summed E-state index contributed by atoms with van der Waals surface area (Å²) in [6.45, 7) is 1.82. The number of aromatic nitrogens is 2. The van der Waals surface area contributed by atoms with Crippen LogP contribution < -0.4 is 5.32 Å². The van der Waals surface area contributed by atoms with Gasteiger partial charge in [0, 0.05) is 23.5 Å². The summed E-state index contributed by atoms with van der Waals surface area (Å²) < 4.78 is 41.7. The molecule has 5 nitrogen and oxygen atoms in total. The van der Waals surface area contributed by atoms with Crippen LogP contribution in [0.4, 0.5) is 13.2 Å². The summed E-state index contributed by atoms with van der Waals surface area (Å²) in [5.41, 5.74) is 1.73. The maximum atomic E-state index is 13.0. The zero-order chi connectivity index (χ0) is 22.9. The molecule has 0 radical (unpaired) electrons. The number of nitrogens with zero attached hydrogens (tertiary/aromatic N) is 2. The molecule has 2 aromatic carbocycles.